The van der Waals surface area contributed by atoms with E-state index < -0.39 is 10.0 Å². The summed E-state index contributed by atoms with van der Waals surface area (Å²) in [6.07, 6.45) is 3.66. The van der Waals surface area contributed by atoms with E-state index in [4.69, 9.17) is 11.0 Å². The number of sulfonamides is 1. The van der Waals surface area contributed by atoms with Gasteiger partial charge in [0.1, 0.15) is 5.76 Å². The van der Waals surface area contributed by atoms with Gasteiger partial charge in [0.05, 0.1) is 25.1 Å². The predicted octanol–water partition coefficient (Wildman–Crippen LogP) is 3.55. The molecule has 0 N–H and O–H groups in total. The van der Waals surface area contributed by atoms with Crippen LogP contribution in [-0.2, 0) is 29.5 Å². The van der Waals surface area contributed by atoms with E-state index in [1.54, 1.807) is 22.6 Å². The molecular formula is C25H29N5O3S. The van der Waals surface area contributed by atoms with Crippen molar-refractivity contribution in [1.82, 2.24) is 14.2 Å². The van der Waals surface area contributed by atoms with Crippen molar-refractivity contribution in [3.05, 3.63) is 89.4 Å². The molecule has 0 radical (unpaired) electrons. The van der Waals surface area contributed by atoms with Crippen molar-refractivity contribution in [1.29, 1.82) is 0 Å². The Balaban J connectivity index is 1.77. The fourth-order valence-electron chi connectivity index (χ4n) is 4.27. The van der Waals surface area contributed by atoms with E-state index >= 15 is 0 Å². The van der Waals surface area contributed by atoms with E-state index in [-0.39, 0.29) is 18.3 Å². The zero-order valence-electron chi connectivity index (χ0n) is 19.5. The predicted molar refractivity (Wildman–Crippen MR) is 132 cm³/mol. The lowest BCUT2D eigenvalue weighted by Crippen LogP contribution is -2.47. The molecule has 0 saturated carbocycles. The van der Waals surface area contributed by atoms with Gasteiger partial charge in [-0.15, -0.1) is 0 Å². The summed E-state index contributed by atoms with van der Waals surface area (Å²) < 4.78 is 34.4. The maximum absolute atomic E-state index is 13.6. The number of hydrogen-bond donors (Lipinski definition) is 0. The average Bonchev–Trinajstić information content (AvgIpc) is 3.28. The standard InChI is InChI=1S/C25H29N5O3S/c1-26-22-9-10-25-21(14-22)16-30(34(31,32)12-11-28(2)3)23(13-20-7-5-4-6-8-20)17-29(25)18-24-15-27-19-33-24/h4-10,14-15,19,23H,11-13,16-18H2,2-3H3/t23-/m1/s1. The van der Waals surface area contributed by atoms with Gasteiger partial charge in [-0.05, 0) is 43.8 Å². The molecule has 9 heteroatoms. The summed E-state index contributed by atoms with van der Waals surface area (Å²) in [5, 5.41) is 0. The molecule has 8 nitrogen and oxygen atoms in total. The van der Waals surface area contributed by atoms with Crippen molar-refractivity contribution >= 4 is 21.4 Å². The zero-order chi connectivity index (χ0) is 24.1. The SMILES string of the molecule is [C-]#[N+]c1ccc2c(c1)CN(S(=O)(=O)CCN(C)C)[C@H](Cc1ccccc1)CN2Cc1cnco1. The highest BCUT2D eigenvalue weighted by atomic mass is 32.2. The van der Waals surface area contributed by atoms with Crippen LogP contribution in [0.4, 0.5) is 11.4 Å². The molecule has 0 fully saturated rings. The number of fused-ring (bicyclic) bond motifs is 1. The molecule has 1 atom stereocenters. The minimum Gasteiger partial charge on any atom is -0.447 e. The zero-order valence-corrected chi connectivity index (χ0v) is 20.3. The lowest BCUT2D eigenvalue weighted by Gasteiger charge is -2.32. The average molecular weight is 480 g/mol. The summed E-state index contributed by atoms with van der Waals surface area (Å²) in [6, 6.07) is 15.2. The Morgan fingerprint density at radius 1 is 1.21 bits per heavy atom. The number of rotatable bonds is 8. The van der Waals surface area contributed by atoms with Crippen molar-refractivity contribution < 1.29 is 12.8 Å². The lowest BCUT2D eigenvalue weighted by atomic mass is 10.1. The second-order valence-electron chi connectivity index (χ2n) is 8.78. The third-order valence-electron chi connectivity index (χ3n) is 6.00. The number of aromatic nitrogens is 1. The molecule has 3 aromatic rings. The minimum absolute atomic E-state index is 0.0330. The van der Waals surface area contributed by atoms with E-state index in [1.807, 2.05) is 55.4 Å². The van der Waals surface area contributed by atoms with Gasteiger partial charge in [-0.1, -0.05) is 36.4 Å². The van der Waals surface area contributed by atoms with Crippen molar-refractivity contribution in [2.75, 3.05) is 37.8 Å². The Labute approximate surface area is 201 Å². The second-order valence-corrected chi connectivity index (χ2v) is 10.8. The molecule has 0 aliphatic carbocycles. The van der Waals surface area contributed by atoms with Crippen LogP contribution in [0.2, 0.25) is 0 Å². The Bertz CT molecular complexity index is 1240. The minimum atomic E-state index is -3.57. The maximum atomic E-state index is 13.6. The molecule has 2 heterocycles. The van der Waals surface area contributed by atoms with Crippen LogP contribution < -0.4 is 4.90 Å². The monoisotopic (exact) mass is 479 g/mol. The third kappa shape index (κ3) is 5.65. The van der Waals surface area contributed by atoms with E-state index in [0.29, 0.717) is 37.5 Å². The van der Waals surface area contributed by atoms with Crippen molar-refractivity contribution in [3.8, 4) is 0 Å². The van der Waals surface area contributed by atoms with Crippen molar-refractivity contribution in [2.24, 2.45) is 0 Å². The molecule has 0 unspecified atom stereocenters. The summed E-state index contributed by atoms with van der Waals surface area (Å²) in [5.74, 6) is 0.730. The number of benzene rings is 2. The van der Waals surface area contributed by atoms with Crippen molar-refractivity contribution in [3.63, 3.8) is 0 Å². The smallest absolute Gasteiger partial charge is 0.215 e. The highest BCUT2D eigenvalue weighted by Gasteiger charge is 2.35. The van der Waals surface area contributed by atoms with Crippen LogP contribution >= 0.6 is 0 Å². The van der Waals surface area contributed by atoms with Gasteiger partial charge < -0.3 is 14.2 Å². The van der Waals surface area contributed by atoms with Crippen LogP contribution in [0.5, 0.6) is 0 Å². The first-order valence-corrected chi connectivity index (χ1v) is 12.8. The molecule has 1 aromatic heterocycles. The lowest BCUT2D eigenvalue weighted by molar-refractivity contribution is 0.313. The van der Waals surface area contributed by atoms with Crippen LogP contribution in [0.25, 0.3) is 4.85 Å². The Morgan fingerprint density at radius 2 is 2.00 bits per heavy atom. The van der Waals surface area contributed by atoms with Crippen LogP contribution in [0.15, 0.2) is 65.5 Å². The summed E-state index contributed by atoms with van der Waals surface area (Å²) in [4.78, 5) is 11.6. The Morgan fingerprint density at radius 3 is 2.68 bits per heavy atom. The van der Waals surface area contributed by atoms with E-state index in [2.05, 4.69) is 14.7 Å². The summed E-state index contributed by atoms with van der Waals surface area (Å²) >= 11 is 0. The fourth-order valence-corrected chi connectivity index (χ4v) is 6.03. The van der Waals surface area contributed by atoms with Gasteiger partial charge in [0.25, 0.3) is 0 Å². The van der Waals surface area contributed by atoms with Gasteiger partial charge in [0, 0.05) is 31.4 Å². The highest BCUT2D eigenvalue weighted by molar-refractivity contribution is 7.89. The second kappa shape index (κ2) is 10.4. The van der Waals surface area contributed by atoms with Crippen LogP contribution in [0.3, 0.4) is 0 Å². The summed E-state index contributed by atoms with van der Waals surface area (Å²) in [5.41, 5.74) is 3.29. The molecule has 0 bridgehead atoms. The molecule has 0 saturated heterocycles. The van der Waals surface area contributed by atoms with Crippen LogP contribution in [0.1, 0.15) is 16.9 Å². The van der Waals surface area contributed by atoms with Crippen molar-refractivity contribution in [2.45, 2.75) is 25.6 Å². The van der Waals surface area contributed by atoms with Gasteiger partial charge in [-0.2, -0.15) is 4.31 Å². The quantitative estimate of drug-likeness (QED) is 0.460. The highest BCUT2D eigenvalue weighted by Crippen LogP contribution is 2.34. The molecule has 0 spiro atoms. The first-order chi connectivity index (χ1) is 16.4. The largest absolute Gasteiger partial charge is 0.447 e. The Kier molecular flexibility index (Phi) is 7.32. The van der Waals surface area contributed by atoms with Gasteiger partial charge >= 0.3 is 0 Å². The molecule has 1 aliphatic rings. The molecule has 2 aromatic carbocycles. The van der Waals surface area contributed by atoms with Gasteiger partial charge in [0.15, 0.2) is 12.1 Å². The topological polar surface area (TPSA) is 74.2 Å². The van der Waals surface area contributed by atoms with Gasteiger partial charge in [0.2, 0.25) is 10.0 Å². The van der Waals surface area contributed by atoms with Gasteiger partial charge in [-0.3, -0.25) is 0 Å². The summed E-state index contributed by atoms with van der Waals surface area (Å²) in [7, 11) is 0.175. The molecule has 34 heavy (non-hydrogen) atoms. The summed E-state index contributed by atoms with van der Waals surface area (Å²) in [6.45, 7) is 9.06. The van der Waals surface area contributed by atoms with E-state index in [1.165, 1.54) is 6.39 Å². The first kappa shape index (κ1) is 24.0. The molecule has 1 aliphatic heterocycles. The molecular weight excluding hydrogens is 450 g/mol. The number of nitrogens with zero attached hydrogens (tertiary/aromatic N) is 5. The van der Waals surface area contributed by atoms with Crippen LogP contribution in [-0.4, -0.2) is 61.6 Å². The Hall–Kier alpha value is -3.19. The molecule has 178 valence electrons. The molecule has 4 rings (SSSR count). The first-order valence-electron chi connectivity index (χ1n) is 11.2. The van der Waals surface area contributed by atoms with E-state index in [0.717, 1.165) is 16.8 Å². The van der Waals surface area contributed by atoms with Crippen LogP contribution in [0, 0.1) is 6.57 Å². The fraction of sp³-hybridized carbons (Fsp3) is 0.360. The normalized spacial score (nSPS) is 16.8. The molecule has 0 amide bonds. The number of hydrogen-bond acceptors (Lipinski definition) is 6. The maximum Gasteiger partial charge on any atom is 0.215 e. The number of oxazole rings is 1. The van der Waals surface area contributed by atoms with E-state index in [9.17, 15) is 8.42 Å². The number of anilines is 1. The van der Waals surface area contributed by atoms with Gasteiger partial charge in [-0.25, -0.2) is 18.2 Å². The third-order valence-corrected chi connectivity index (χ3v) is 7.84.